The summed E-state index contributed by atoms with van der Waals surface area (Å²) in [6.07, 6.45) is 6.92. The predicted octanol–water partition coefficient (Wildman–Crippen LogP) is 1.97. The van der Waals surface area contributed by atoms with Crippen molar-refractivity contribution in [2.45, 2.75) is 50.0 Å². The van der Waals surface area contributed by atoms with Crippen LogP contribution in [0.2, 0.25) is 0 Å². The minimum atomic E-state index is -3.68. The summed E-state index contributed by atoms with van der Waals surface area (Å²) in [5.74, 6) is -0.782. The molecular formula is C14H22N2O4S. The highest BCUT2D eigenvalue weighted by molar-refractivity contribution is 7.89. The maximum Gasteiger partial charge on any atom is 0.352 e. The number of nitrogens with zero attached hydrogens (tertiary/aromatic N) is 1. The molecule has 0 aromatic carbocycles. The quantitative estimate of drug-likeness (QED) is 0.869. The van der Waals surface area contributed by atoms with Crippen LogP contribution in [-0.4, -0.2) is 30.1 Å². The number of hydrogen-bond acceptors (Lipinski definition) is 3. The van der Waals surface area contributed by atoms with Crippen LogP contribution in [0.25, 0.3) is 0 Å². The van der Waals surface area contributed by atoms with E-state index in [4.69, 9.17) is 5.11 Å². The highest BCUT2D eigenvalue weighted by Crippen LogP contribution is 2.27. The van der Waals surface area contributed by atoms with Gasteiger partial charge < -0.3 is 9.67 Å². The molecule has 0 saturated heterocycles. The van der Waals surface area contributed by atoms with Crippen molar-refractivity contribution in [3.05, 3.63) is 18.0 Å². The third-order valence-electron chi connectivity index (χ3n) is 4.21. The summed E-state index contributed by atoms with van der Waals surface area (Å²) >= 11 is 0. The number of hydrogen-bond donors (Lipinski definition) is 2. The Hall–Kier alpha value is -1.34. The molecule has 0 spiro atoms. The standard InChI is InChI=1S/C14H22N2O4S/c1-10(11-6-4-3-5-7-11)15-21(19,20)12-8-13(14(17)18)16(2)9-12/h8-11,15H,3-7H2,1-2H3,(H,17,18)/t10-/m1/s1. The first-order chi connectivity index (χ1) is 9.81. The molecule has 6 nitrogen and oxygen atoms in total. The molecular weight excluding hydrogens is 292 g/mol. The number of rotatable bonds is 5. The zero-order chi connectivity index (χ0) is 15.6. The van der Waals surface area contributed by atoms with Crippen molar-refractivity contribution in [2.75, 3.05) is 0 Å². The van der Waals surface area contributed by atoms with Crippen molar-refractivity contribution < 1.29 is 18.3 Å². The molecule has 0 bridgehead atoms. The minimum absolute atomic E-state index is 0.00468. The Morgan fingerprint density at radius 3 is 2.52 bits per heavy atom. The van der Waals surface area contributed by atoms with Crippen molar-refractivity contribution in [2.24, 2.45) is 13.0 Å². The summed E-state index contributed by atoms with van der Waals surface area (Å²) in [5.41, 5.74) is -0.0410. The lowest BCUT2D eigenvalue weighted by atomic mass is 9.85. The van der Waals surface area contributed by atoms with E-state index in [-0.39, 0.29) is 16.6 Å². The monoisotopic (exact) mass is 314 g/mol. The topological polar surface area (TPSA) is 88.4 Å². The Balaban J connectivity index is 2.14. The maximum absolute atomic E-state index is 12.4. The smallest absolute Gasteiger partial charge is 0.352 e. The molecule has 21 heavy (non-hydrogen) atoms. The van der Waals surface area contributed by atoms with Gasteiger partial charge in [-0.15, -0.1) is 0 Å². The molecule has 0 unspecified atom stereocenters. The van der Waals surface area contributed by atoms with E-state index in [2.05, 4.69) is 4.72 Å². The van der Waals surface area contributed by atoms with Crippen LogP contribution in [-0.2, 0) is 17.1 Å². The van der Waals surface area contributed by atoms with Crippen LogP contribution >= 0.6 is 0 Å². The summed E-state index contributed by atoms with van der Waals surface area (Å²) in [5, 5.41) is 8.99. The molecule has 0 aliphatic heterocycles. The third-order valence-corrected chi connectivity index (χ3v) is 5.73. The Labute approximate surface area is 125 Å². The van der Waals surface area contributed by atoms with E-state index in [9.17, 15) is 13.2 Å². The van der Waals surface area contributed by atoms with Gasteiger partial charge in [0.15, 0.2) is 0 Å². The van der Waals surface area contributed by atoms with Gasteiger partial charge in [-0.05, 0) is 31.7 Å². The number of sulfonamides is 1. The summed E-state index contributed by atoms with van der Waals surface area (Å²) in [4.78, 5) is 11.0. The Bertz CT molecular complexity index is 615. The SMILES string of the molecule is C[C@@H](NS(=O)(=O)c1cc(C(=O)O)n(C)c1)C1CCCCC1. The van der Waals surface area contributed by atoms with E-state index in [1.54, 1.807) is 0 Å². The molecule has 1 aliphatic carbocycles. The van der Waals surface area contributed by atoms with E-state index in [1.807, 2.05) is 6.92 Å². The average Bonchev–Trinajstić information content (AvgIpc) is 2.82. The number of nitrogens with one attached hydrogen (secondary N) is 1. The normalized spacial score (nSPS) is 18.6. The zero-order valence-corrected chi connectivity index (χ0v) is 13.2. The second-order valence-corrected chi connectivity index (χ2v) is 7.50. The van der Waals surface area contributed by atoms with Crippen molar-refractivity contribution >= 4 is 16.0 Å². The Kier molecular flexibility index (Phi) is 4.73. The van der Waals surface area contributed by atoms with E-state index < -0.39 is 16.0 Å². The number of carboxylic acids is 1. The molecule has 1 heterocycles. The van der Waals surface area contributed by atoms with Crippen LogP contribution in [0, 0.1) is 5.92 Å². The number of carboxylic acid groups (broad SMARTS) is 1. The van der Waals surface area contributed by atoms with Gasteiger partial charge in [-0.25, -0.2) is 17.9 Å². The van der Waals surface area contributed by atoms with Gasteiger partial charge in [0.2, 0.25) is 10.0 Å². The molecule has 1 saturated carbocycles. The van der Waals surface area contributed by atoms with Crippen molar-refractivity contribution in [3.8, 4) is 0 Å². The highest BCUT2D eigenvalue weighted by atomic mass is 32.2. The van der Waals surface area contributed by atoms with Gasteiger partial charge >= 0.3 is 5.97 Å². The lowest BCUT2D eigenvalue weighted by molar-refractivity contribution is 0.0686. The van der Waals surface area contributed by atoms with E-state index in [0.717, 1.165) is 25.7 Å². The molecule has 0 radical (unpaired) electrons. The molecule has 118 valence electrons. The lowest BCUT2D eigenvalue weighted by Crippen LogP contribution is -2.38. The van der Waals surface area contributed by atoms with E-state index in [1.165, 1.54) is 30.3 Å². The van der Waals surface area contributed by atoms with Gasteiger partial charge in [-0.2, -0.15) is 0 Å². The first kappa shape index (κ1) is 16.0. The van der Waals surface area contributed by atoms with Crippen LogP contribution < -0.4 is 4.72 Å². The van der Waals surface area contributed by atoms with Gasteiger partial charge in [0.25, 0.3) is 0 Å². The fourth-order valence-corrected chi connectivity index (χ4v) is 4.32. The number of aromatic nitrogens is 1. The van der Waals surface area contributed by atoms with E-state index in [0.29, 0.717) is 5.92 Å². The predicted molar refractivity (Wildman–Crippen MR) is 78.7 cm³/mol. The summed E-state index contributed by atoms with van der Waals surface area (Å²) in [6.45, 7) is 1.88. The van der Waals surface area contributed by atoms with Crippen molar-refractivity contribution in [3.63, 3.8) is 0 Å². The van der Waals surface area contributed by atoms with Crippen LogP contribution in [0.3, 0.4) is 0 Å². The lowest BCUT2D eigenvalue weighted by Gasteiger charge is -2.27. The molecule has 0 amide bonds. The number of carbonyl (C=O) groups is 1. The molecule has 7 heteroatoms. The second kappa shape index (κ2) is 6.19. The summed E-state index contributed by atoms with van der Waals surface area (Å²) in [6, 6.07) is 1.06. The maximum atomic E-state index is 12.4. The molecule has 1 aromatic heterocycles. The molecule has 1 aliphatic rings. The Morgan fingerprint density at radius 1 is 1.38 bits per heavy atom. The minimum Gasteiger partial charge on any atom is -0.477 e. The van der Waals surface area contributed by atoms with Crippen LogP contribution in [0.15, 0.2) is 17.2 Å². The first-order valence-corrected chi connectivity index (χ1v) is 8.71. The average molecular weight is 314 g/mol. The number of aromatic carboxylic acids is 1. The van der Waals surface area contributed by atoms with E-state index >= 15 is 0 Å². The highest BCUT2D eigenvalue weighted by Gasteiger charge is 2.26. The molecule has 2 N–H and O–H groups in total. The molecule has 1 aromatic rings. The number of aryl methyl sites for hydroxylation is 1. The van der Waals surface area contributed by atoms with Crippen molar-refractivity contribution in [1.82, 2.24) is 9.29 Å². The van der Waals surface area contributed by atoms with Gasteiger partial charge in [0.05, 0.1) is 0 Å². The van der Waals surface area contributed by atoms with Crippen molar-refractivity contribution in [1.29, 1.82) is 0 Å². The molecule has 2 rings (SSSR count). The van der Waals surface area contributed by atoms with Crippen LogP contribution in [0.4, 0.5) is 0 Å². The van der Waals surface area contributed by atoms with Crippen LogP contribution in [0.1, 0.15) is 49.5 Å². The van der Waals surface area contributed by atoms with Gasteiger partial charge in [0, 0.05) is 19.3 Å². The molecule has 1 atom stereocenters. The summed E-state index contributed by atoms with van der Waals surface area (Å²) < 4.78 is 28.7. The largest absolute Gasteiger partial charge is 0.477 e. The van der Waals surface area contributed by atoms with Gasteiger partial charge in [0.1, 0.15) is 10.6 Å². The summed E-state index contributed by atoms with van der Waals surface area (Å²) in [7, 11) is -2.16. The van der Waals surface area contributed by atoms with Gasteiger partial charge in [-0.1, -0.05) is 19.3 Å². The Morgan fingerprint density at radius 2 is 2.00 bits per heavy atom. The zero-order valence-electron chi connectivity index (χ0n) is 12.4. The van der Waals surface area contributed by atoms with Gasteiger partial charge in [-0.3, -0.25) is 0 Å². The molecule has 1 fully saturated rings. The third kappa shape index (κ3) is 3.65. The van der Waals surface area contributed by atoms with Crippen LogP contribution in [0.5, 0.6) is 0 Å². The fraction of sp³-hybridized carbons (Fsp3) is 0.643. The fourth-order valence-electron chi connectivity index (χ4n) is 2.94. The second-order valence-electron chi connectivity index (χ2n) is 5.79. The first-order valence-electron chi connectivity index (χ1n) is 7.23.